The van der Waals surface area contributed by atoms with E-state index in [1.165, 1.54) is 11.3 Å². The maximum absolute atomic E-state index is 10.9. The van der Waals surface area contributed by atoms with E-state index in [-0.39, 0.29) is 5.91 Å². The second-order valence-electron chi connectivity index (χ2n) is 5.07. The molecular weight excluding hydrogens is 252 g/mol. The Labute approximate surface area is 120 Å². The molecule has 5 nitrogen and oxygen atoms in total. The summed E-state index contributed by atoms with van der Waals surface area (Å²) in [6.07, 6.45) is 0.857. The summed E-state index contributed by atoms with van der Waals surface area (Å²) in [4.78, 5) is 13.3. The van der Waals surface area contributed by atoms with Crippen LogP contribution >= 0.6 is 0 Å². The van der Waals surface area contributed by atoms with Gasteiger partial charge in [-0.3, -0.25) is 4.79 Å². The fourth-order valence-corrected chi connectivity index (χ4v) is 2.50. The Bertz CT molecular complexity index is 455. The Morgan fingerprint density at radius 2 is 2.10 bits per heavy atom. The number of carbonyl (C=O) groups is 1. The second-order valence-corrected chi connectivity index (χ2v) is 5.07. The molecule has 1 saturated heterocycles. The minimum absolute atomic E-state index is 0.0243. The van der Waals surface area contributed by atoms with Crippen molar-refractivity contribution in [3.63, 3.8) is 0 Å². The van der Waals surface area contributed by atoms with Crippen LogP contribution in [0.25, 0.3) is 0 Å². The maximum Gasteiger partial charge on any atom is 0.216 e. The molecule has 20 heavy (non-hydrogen) atoms. The standard InChI is InChI=1S/C15H24N4O/c1-12(20)18-6-5-13-3-4-15(14(11-13)16-2)19-9-7-17-8-10-19/h3-4,11,16-17H,5-10H2,1-2H3,(H,18,20). The molecule has 1 aliphatic heterocycles. The van der Waals surface area contributed by atoms with Crippen LogP contribution in [0.15, 0.2) is 18.2 Å². The number of rotatable bonds is 5. The molecule has 5 heteroatoms. The predicted molar refractivity (Wildman–Crippen MR) is 83.5 cm³/mol. The molecule has 3 N–H and O–H groups in total. The van der Waals surface area contributed by atoms with E-state index in [4.69, 9.17) is 0 Å². The number of carbonyl (C=O) groups excluding carboxylic acids is 1. The summed E-state index contributed by atoms with van der Waals surface area (Å²) in [7, 11) is 1.96. The molecule has 110 valence electrons. The highest BCUT2D eigenvalue weighted by Crippen LogP contribution is 2.27. The van der Waals surface area contributed by atoms with Gasteiger partial charge in [0.15, 0.2) is 0 Å². The number of nitrogens with one attached hydrogen (secondary N) is 3. The van der Waals surface area contributed by atoms with E-state index >= 15 is 0 Å². The Kier molecular flexibility index (Phi) is 5.24. The SMILES string of the molecule is CNc1cc(CCNC(C)=O)ccc1N1CCNCC1. The number of amides is 1. The number of anilines is 2. The fraction of sp³-hybridized carbons (Fsp3) is 0.533. The normalized spacial score (nSPS) is 15.0. The van der Waals surface area contributed by atoms with Crippen LogP contribution in [-0.2, 0) is 11.2 Å². The molecule has 0 unspecified atom stereocenters. The zero-order chi connectivity index (χ0) is 14.4. The van der Waals surface area contributed by atoms with Crippen molar-refractivity contribution in [2.24, 2.45) is 0 Å². The zero-order valence-electron chi connectivity index (χ0n) is 12.3. The molecule has 1 amide bonds. The van der Waals surface area contributed by atoms with E-state index in [1.807, 2.05) is 7.05 Å². The minimum atomic E-state index is 0.0243. The zero-order valence-corrected chi connectivity index (χ0v) is 12.3. The van der Waals surface area contributed by atoms with Crippen LogP contribution in [0.1, 0.15) is 12.5 Å². The first-order chi connectivity index (χ1) is 9.70. The van der Waals surface area contributed by atoms with Gasteiger partial charge in [0.2, 0.25) is 5.91 Å². The third kappa shape index (κ3) is 3.87. The van der Waals surface area contributed by atoms with Gasteiger partial charge in [-0.05, 0) is 24.1 Å². The average molecular weight is 276 g/mol. The summed E-state index contributed by atoms with van der Waals surface area (Å²) in [6.45, 7) is 6.39. The van der Waals surface area contributed by atoms with E-state index < -0.39 is 0 Å². The number of piperazine rings is 1. The van der Waals surface area contributed by atoms with Crippen molar-refractivity contribution in [1.29, 1.82) is 0 Å². The fourth-order valence-electron chi connectivity index (χ4n) is 2.50. The largest absolute Gasteiger partial charge is 0.386 e. The Hall–Kier alpha value is -1.75. The van der Waals surface area contributed by atoms with E-state index in [9.17, 15) is 4.79 Å². The first kappa shape index (κ1) is 14.7. The average Bonchev–Trinajstić information content (AvgIpc) is 2.47. The van der Waals surface area contributed by atoms with E-state index in [0.29, 0.717) is 6.54 Å². The van der Waals surface area contributed by atoms with Crippen LogP contribution < -0.4 is 20.9 Å². The van der Waals surface area contributed by atoms with Gasteiger partial charge in [-0.1, -0.05) is 6.07 Å². The molecule has 0 spiro atoms. The minimum Gasteiger partial charge on any atom is -0.386 e. The van der Waals surface area contributed by atoms with Gasteiger partial charge in [-0.25, -0.2) is 0 Å². The maximum atomic E-state index is 10.9. The van der Waals surface area contributed by atoms with Crippen LogP contribution in [0.4, 0.5) is 11.4 Å². The van der Waals surface area contributed by atoms with Gasteiger partial charge < -0.3 is 20.9 Å². The van der Waals surface area contributed by atoms with Gasteiger partial charge in [0.1, 0.15) is 0 Å². The van der Waals surface area contributed by atoms with Crippen LogP contribution in [0.2, 0.25) is 0 Å². The molecule has 0 bridgehead atoms. The highest BCUT2D eigenvalue weighted by molar-refractivity contribution is 5.73. The topological polar surface area (TPSA) is 56.4 Å². The van der Waals surface area contributed by atoms with Crippen molar-refractivity contribution in [1.82, 2.24) is 10.6 Å². The molecule has 1 aliphatic rings. The van der Waals surface area contributed by atoms with Gasteiger partial charge >= 0.3 is 0 Å². The first-order valence-electron chi connectivity index (χ1n) is 7.21. The summed E-state index contributed by atoms with van der Waals surface area (Å²) in [6, 6.07) is 6.51. The van der Waals surface area contributed by atoms with Crippen LogP contribution in [0.5, 0.6) is 0 Å². The summed E-state index contributed by atoms with van der Waals surface area (Å²) >= 11 is 0. The molecule has 1 heterocycles. The molecule has 0 saturated carbocycles. The van der Waals surface area contributed by atoms with Gasteiger partial charge in [-0.15, -0.1) is 0 Å². The van der Waals surface area contributed by atoms with Gasteiger partial charge in [0, 0.05) is 46.7 Å². The monoisotopic (exact) mass is 276 g/mol. The molecular formula is C15H24N4O. The number of benzene rings is 1. The van der Waals surface area contributed by atoms with Crippen molar-refractivity contribution in [3.8, 4) is 0 Å². The lowest BCUT2D eigenvalue weighted by Gasteiger charge is -2.31. The van der Waals surface area contributed by atoms with Crippen molar-refractivity contribution < 1.29 is 4.79 Å². The summed E-state index contributed by atoms with van der Waals surface area (Å²) < 4.78 is 0. The van der Waals surface area contributed by atoms with E-state index in [1.54, 1.807) is 6.92 Å². The molecule has 0 aliphatic carbocycles. The molecule has 0 atom stereocenters. The quantitative estimate of drug-likeness (QED) is 0.745. The Morgan fingerprint density at radius 1 is 1.35 bits per heavy atom. The highest BCUT2D eigenvalue weighted by Gasteiger charge is 2.13. The molecule has 0 aromatic heterocycles. The molecule has 0 radical (unpaired) electrons. The van der Waals surface area contributed by atoms with Crippen molar-refractivity contribution >= 4 is 17.3 Å². The lowest BCUT2D eigenvalue weighted by molar-refractivity contribution is -0.118. The number of hydrogen-bond acceptors (Lipinski definition) is 4. The lowest BCUT2D eigenvalue weighted by atomic mass is 10.1. The Balaban J connectivity index is 2.04. The predicted octanol–water partition coefficient (Wildman–Crippen LogP) is 0.817. The molecule has 1 aromatic carbocycles. The van der Waals surface area contributed by atoms with Gasteiger partial charge in [-0.2, -0.15) is 0 Å². The van der Waals surface area contributed by atoms with Gasteiger partial charge in [0.05, 0.1) is 11.4 Å². The number of nitrogens with zero attached hydrogens (tertiary/aromatic N) is 1. The van der Waals surface area contributed by atoms with Crippen LogP contribution in [-0.4, -0.2) is 45.7 Å². The molecule has 1 aromatic rings. The number of hydrogen-bond donors (Lipinski definition) is 3. The smallest absolute Gasteiger partial charge is 0.216 e. The summed E-state index contributed by atoms with van der Waals surface area (Å²) in [5.74, 6) is 0.0243. The lowest BCUT2D eigenvalue weighted by Crippen LogP contribution is -2.43. The van der Waals surface area contributed by atoms with Crippen molar-refractivity contribution in [2.75, 3.05) is 50.0 Å². The third-order valence-corrected chi connectivity index (χ3v) is 3.58. The van der Waals surface area contributed by atoms with E-state index in [0.717, 1.165) is 38.3 Å². The highest BCUT2D eigenvalue weighted by atomic mass is 16.1. The summed E-state index contributed by atoms with van der Waals surface area (Å²) in [5, 5.41) is 9.48. The van der Waals surface area contributed by atoms with E-state index in [2.05, 4.69) is 39.0 Å². The second kappa shape index (κ2) is 7.14. The van der Waals surface area contributed by atoms with Crippen LogP contribution in [0.3, 0.4) is 0 Å². The van der Waals surface area contributed by atoms with Crippen molar-refractivity contribution in [3.05, 3.63) is 23.8 Å². The summed E-state index contributed by atoms with van der Waals surface area (Å²) in [5.41, 5.74) is 3.66. The van der Waals surface area contributed by atoms with Crippen molar-refractivity contribution in [2.45, 2.75) is 13.3 Å². The van der Waals surface area contributed by atoms with Gasteiger partial charge in [0.25, 0.3) is 0 Å². The van der Waals surface area contributed by atoms with Crippen LogP contribution in [0, 0.1) is 0 Å². The molecule has 1 fully saturated rings. The third-order valence-electron chi connectivity index (χ3n) is 3.58. The molecule has 2 rings (SSSR count). The first-order valence-corrected chi connectivity index (χ1v) is 7.21. The Morgan fingerprint density at radius 3 is 2.75 bits per heavy atom.